The van der Waals surface area contributed by atoms with Crippen molar-refractivity contribution in [2.45, 2.75) is 45.4 Å². The molecule has 0 N–H and O–H groups in total. The van der Waals surface area contributed by atoms with E-state index in [2.05, 4.69) is 19.1 Å². The van der Waals surface area contributed by atoms with Gasteiger partial charge in [-0.25, -0.2) is 0 Å². The largest absolute Gasteiger partial charge is 0.466 e. The molecule has 0 fully saturated rings. The van der Waals surface area contributed by atoms with Crippen LogP contribution in [-0.4, -0.2) is 12.6 Å². The van der Waals surface area contributed by atoms with Gasteiger partial charge in [0, 0.05) is 0 Å². The Labute approximate surface area is 104 Å². The highest BCUT2D eigenvalue weighted by molar-refractivity contribution is 5.70. The molecule has 0 amide bonds. The standard InChI is InChI=1S/C15H22O2/c1-3-5-9-14(12-15(16)17-4-2)13-10-7-6-8-11-13/h6-8,10-11,14H,3-5,9,12H2,1-2H3. The van der Waals surface area contributed by atoms with Crippen molar-refractivity contribution in [2.75, 3.05) is 6.61 Å². The first-order chi connectivity index (χ1) is 8.27. The number of rotatable bonds is 7. The van der Waals surface area contributed by atoms with Crippen LogP contribution in [0.3, 0.4) is 0 Å². The van der Waals surface area contributed by atoms with Gasteiger partial charge in [-0.1, -0.05) is 50.1 Å². The first kappa shape index (κ1) is 13.8. The first-order valence-corrected chi connectivity index (χ1v) is 6.48. The van der Waals surface area contributed by atoms with Crippen LogP contribution in [0.4, 0.5) is 0 Å². The van der Waals surface area contributed by atoms with E-state index in [-0.39, 0.29) is 5.97 Å². The Balaban J connectivity index is 2.63. The van der Waals surface area contributed by atoms with Crippen LogP contribution in [0, 0.1) is 0 Å². The van der Waals surface area contributed by atoms with Crippen LogP contribution in [0.1, 0.15) is 51.0 Å². The van der Waals surface area contributed by atoms with Gasteiger partial charge in [-0.2, -0.15) is 0 Å². The lowest BCUT2D eigenvalue weighted by Crippen LogP contribution is -2.10. The number of ether oxygens (including phenoxy) is 1. The number of hydrogen-bond donors (Lipinski definition) is 0. The Morgan fingerprint density at radius 1 is 1.24 bits per heavy atom. The molecule has 1 aromatic rings. The number of esters is 1. The summed E-state index contributed by atoms with van der Waals surface area (Å²) < 4.78 is 5.03. The lowest BCUT2D eigenvalue weighted by Gasteiger charge is -2.16. The van der Waals surface area contributed by atoms with Crippen molar-refractivity contribution >= 4 is 5.97 Å². The molecule has 1 rings (SSSR count). The molecule has 0 spiro atoms. The minimum atomic E-state index is -0.0857. The Morgan fingerprint density at radius 2 is 1.94 bits per heavy atom. The van der Waals surface area contributed by atoms with Crippen LogP contribution in [0.15, 0.2) is 30.3 Å². The molecule has 0 aromatic heterocycles. The Bertz CT molecular complexity index is 319. The Hall–Kier alpha value is -1.31. The maximum absolute atomic E-state index is 11.6. The molecule has 1 unspecified atom stereocenters. The van der Waals surface area contributed by atoms with Crippen LogP contribution in [0.2, 0.25) is 0 Å². The lowest BCUT2D eigenvalue weighted by molar-refractivity contribution is -0.143. The molecule has 0 saturated carbocycles. The van der Waals surface area contributed by atoms with Crippen molar-refractivity contribution in [1.82, 2.24) is 0 Å². The van der Waals surface area contributed by atoms with Gasteiger partial charge in [-0.05, 0) is 24.8 Å². The molecule has 0 aliphatic heterocycles. The van der Waals surface area contributed by atoms with Crippen LogP contribution in [-0.2, 0) is 9.53 Å². The molecule has 1 atom stereocenters. The molecule has 2 heteroatoms. The van der Waals surface area contributed by atoms with Crippen molar-refractivity contribution in [3.05, 3.63) is 35.9 Å². The summed E-state index contributed by atoms with van der Waals surface area (Å²) in [6.07, 6.45) is 3.86. The zero-order chi connectivity index (χ0) is 12.5. The first-order valence-electron chi connectivity index (χ1n) is 6.48. The van der Waals surface area contributed by atoms with Crippen molar-refractivity contribution in [3.63, 3.8) is 0 Å². The molecule has 17 heavy (non-hydrogen) atoms. The second-order valence-electron chi connectivity index (χ2n) is 4.26. The van der Waals surface area contributed by atoms with E-state index in [0.717, 1.165) is 19.3 Å². The van der Waals surface area contributed by atoms with E-state index < -0.39 is 0 Å². The summed E-state index contributed by atoms with van der Waals surface area (Å²) in [6, 6.07) is 10.3. The number of benzene rings is 1. The van der Waals surface area contributed by atoms with E-state index in [1.165, 1.54) is 5.56 Å². The average Bonchev–Trinajstić information content (AvgIpc) is 2.36. The predicted octanol–water partition coefficient (Wildman–Crippen LogP) is 3.91. The van der Waals surface area contributed by atoms with Crippen LogP contribution >= 0.6 is 0 Å². The van der Waals surface area contributed by atoms with E-state index in [0.29, 0.717) is 18.9 Å². The van der Waals surface area contributed by atoms with E-state index in [1.54, 1.807) is 0 Å². The number of carbonyl (C=O) groups excluding carboxylic acids is 1. The van der Waals surface area contributed by atoms with Crippen molar-refractivity contribution in [3.8, 4) is 0 Å². The zero-order valence-electron chi connectivity index (χ0n) is 10.8. The summed E-state index contributed by atoms with van der Waals surface area (Å²) in [4.78, 5) is 11.6. The van der Waals surface area contributed by atoms with Gasteiger partial charge >= 0.3 is 5.97 Å². The molecule has 2 nitrogen and oxygen atoms in total. The summed E-state index contributed by atoms with van der Waals surface area (Å²) in [5.74, 6) is 0.215. The molecular formula is C15H22O2. The second kappa shape index (κ2) is 7.88. The van der Waals surface area contributed by atoms with E-state index in [9.17, 15) is 4.79 Å². The van der Waals surface area contributed by atoms with E-state index >= 15 is 0 Å². The second-order valence-corrected chi connectivity index (χ2v) is 4.26. The van der Waals surface area contributed by atoms with E-state index in [4.69, 9.17) is 4.74 Å². The fourth-order valence-corrected chi connectivity index (χ4v) is 1.98. The molecule has 94 valence electrons. The quantitative estimate of drug-likeness (QED) is 0.668. The SMILES string of the molecule is CCCCC(CC(=O)OCC)c1ccccc1. The Morgan fingerprint density at radius 3 is 2.53 bits per heavy atom. The monoisotopic (exact) mass is 234 g/mol. The number of unbranched alkanes of at least 4 members (excludes halogenated alkanes) is 1. The normalized spacial score (nSPS) is 12.1. The average molecular weight is 234 g/mol. The van der Waals surface area contributed by atoms with Gasteiger partial charge in [0.1, 0.15) is 0 Å². The Kier molecular flexibility index (Phi) is 6.38. The van der Waals surface area contributed by atoms with Gasteiger partial charge in [0.25, 0.3) is 0 Å². The molecule has 1 aromatic carbocycles. The fourth-order valence-electron chi connectivity index (χ4n) is 1.98. The topological polar surface area (TPSA) is 26.3 Å². The lowest BCUT2D eigenvalue weighted by atomic mass is 9.91. The summed E-state index contributed by atoms with van der Waals surface area (Å²) in [5, 5.41) is 0. The molecular weight excluding hydrogens is 212 g/mol. The highest BCUT2D eigenvalue weighted by Crippen LogP contribution is 2.25. The fraction of sp³-hybridized carbons (Fsp3) is 0.533. The maximum atomic E-state index is 11.6. The van der Waals surface area contributed by atoms with Crippen molar-refractivity contribution < 1.29 is 9.53 Å². The predicted molar refractivity (Wildman–Crippen MR) is 70.0 cm³/mol. The summed E-state index contributed by atoms with van der Waals surface area (Å²) in [7, 11) is 0. The third-order valence-electron chi connectivity index (χ3n) is 2.90. The third-order valence-corrected chi connectivity index (χ3v) is 2.90. The minimum absolute atomic E-state index is 0.0857. The summed E-state index contributed by atoms with van der Waals surface area (Å²) in [5.41, 5.74) is 1.24. The van der Waals surface area contributed by atoms with Crippen LogP contribution in [0.5, 0.6) is 0 Å². The van der Waals surface area contributed by atoms with Gasteiger partial charge < -0.3 is 4.74 Å². The van der Waals surface area contributed by atoms with Crippen molar-refractivity contribution in [1.29, 1.82) is 0 Å². The van der Waals surface area contributed by atoms with Gasteiger partial charge in [-0.3, -0.25) is 4.79 Å². The molecule has 0 bridgehead atoms. The smallest absolute Gasteiger partial charge is 0.306 e. The number of hydrogen-bond acceptors (Lipinski definition) is 2. The van der Waals surface area contributed by atoms with Crippen molar-refractivity contribution in [2.24, 2.45) is 0 Å². The van der Waals surface area contributed by atoms with Gasteiger partial charge in [0.2, 0.25) is 0 Å². The van der Waals surface area contributed by atoms with Gasteiger partial charge in [-0.15, -0.1) is 0 Å². The minimum Gasteiger partial charge on any atom is -0.466 e. The molecule has 0 aliphatic carbocycles. The summed E-state index contributed by atoms with van der Waals surface area (Å²) in [6.45, 7) is 4.49. The highest BCUT2D eigenvalue weighted by Gasteiger charge is 2.15. The molecule has 0 heterocycles. The molecule has 0 saturated heterocycles. The van der Waals surface area contributed by atoms with Gasteiger partial charge in [0.15, 0.2) is 0 Å². The maximum Gasteiger partial charge on any atom is 0.306 e. The van der Waals surface area contributed by atoms with Crippen LogP contribution < -0.4 is 0 Å². The zero-order valence-corrected chi connectivity index (χ0v) is 10.8. The van der Waals surface area contributed by atoms with Gasteiger partial charge in [0.05, 0.1) is 13.0 Å². The molecule has 0 radical (unpaired) electrons. The molecule has 0 aliphatic rings. The van der Waals surface area contributed by atoms with Crippen LogP contribution in [0.25, 0.3) is 0 Å². The highest BCUT2D eigenvalue weighted by atomic mass is 16.5. The van der Waals surface area contributed by atoms with E-state index in [1.807, 2.05) is 25.1 Å². The summed E-state index contributed by atoms with van der Waals surface area (Å²) >= 11 is 0. The third kappa shape index (κ3) is 5.03. The number of carbonyl (C=O) groups is 1.